The van der Waals surface area contributed by atoms with Gasteiger partial charge in [0.1, 0.15) is 0 Å². The summed E-state index contributed by atoms with van der Waals surface area (Å²) in [5.74, 6) is 0. The van der Waals surface area contributed by atoms with Crippen molar-refractivity contribution < 1.29 is 15.1 Å². The van der Waals surface area contributed by atoms with Gasteiger partial charge >= 0.3 is 34.5 Å². The zero-order valence-electron chi connectivity index (χ0n) is 18.4. The molecule has 0 aliphatic carbocycles. The molecule has 0 atom stereocenters. The fourth-order valence-corrected chi connectivity index (χ4v) is 2.01. The van der Waals surface area contributed by atoms with Gasteiger partial charge in [0, 0.05) is 0 Å². The Balaban J connectivity index is 0.000000424. The predicted octanol–water partition coefficient (Wildman–Crippen LogP) is 10.3. The van der Waals surface area contributed by atoms with Crippen molar-refractivity contribution in [3.63, 3.8) is 0 Å². The van der Waals surface area contributed by atoms with Crippen LogP contribution in [0.2, 0.25) is 0 Å². The first-order chi connectivity index (χ1) is 17.1. The van der Waals surface area contributed by atoms with Crippen LogP contribution in [-0.2, 0) is 15.1 Å². The SMILES string of the molecule is [C-]#[N+]c1ccccc1.[C-]#[N+]c1ccccc1.[C-]#[N+]c1ccccc1.[C-]#[N+]c1ccccc1.[Cl][Ru][Cl]. The molecular formula is C28H20Cl2N4Ru. The van der Waals surface area contributed by atoms with Crippen LogP contribution in [0, 0.1) is 26.3 Å². The Morgan fingerprint density at radius 1 is 0.371 bits per heavy atom. The molecule has 0 radical (unpaired) electrons. The van der Waals surface area contributed by atoms with Crippen LogP contribution in [0.4, 0.5) is 22.7 Å². The second-order valence-electron chi connectivity index (χ2n) is 5.84. The summed E-state index contributed by atoms with van der Waals surface area (Å²) in [6.07, 6.45) is 0. The molecule has 0 fully saturated rings. The van der Waals surface area contributed by atoms with Crippen LogP contribution in [-0.4, -0.2) is 0 Å². The summed E-state index contributed by atoms with van der Waals surface area (Å²) in [6.45, 7) is 26.3. The van der Waals surface area contributed by atoms with Crippen molar-refractivity contribution in [2.24, 2.45) is 0 Å². The average molecular weight is 584 g/mol. The van der Waals surface area contributed by atoms with Crippen LogP contribution < -0.4 is 0 Å². The third kappa shape index (κ3) is 18.2. The maximum atomic E-state index is 6.57. The summed E-state index contributed by atoms with van der Waals surface area (Å²) < 4.78 is 0. The molecule has 0 amide bonds. The molecule has 0 spiro atoms. The summed E-state index contributed by atoms with van der Waals surface area (Å²) >= 11 is -0.346. The van der Waals surface area contributed by atoms with Gasteiger partial charge in [-0.3, -0.25) is 0 Å². The molecule has 0 aromatic heterocycles. The Kier molecular flexibility index (Phi) is 20.6. The zero-order chi connectivity index (χ0) is 26.0. The Labute approximate surface area is 223 Å². The number of hydrogen-bond acceptors (Lipinski definition) is 0. The molecular weight excluding hydrogens is 564 g/mol. The number of halogens is 2. The van der Waals surface area contributed by atoms with Gasteiger partial charge in [0.2, 0.25) is 0 Å². The standard InChI is InChI=1S/4C7H5N.2ClH.Ru/c4*1-8-7-5-3-2-4-6-7;;;/h4*2-6H;2*1H;/q;;;;;;+2/p-2. The van der Waals surface area contributed by atoms with E-state index in [2.05, 4.69) is 19.4 Å². The first-order valence-corrected chi connectivity index (χ1v) is 14.2. The third-order valence-corrected chi connectivity index (χ3v) is 3.54. The molecule has 35 heavy (non-hydrogen) atoms. The Bertz CT molecular complexity index is 1010. The van der Waals surface area contributed by atoms with Crippen LogP contribution in [0.5, 0.6) is 0 Å². The average Bonchev–Trinajstić information content (AvgIpc) is 2.96. The van der Waals surface area contributed by atoms with E-state index in [1.807, 2.05) is 72.8 Å². The zero-order valence-corrected chi connectivity index (χ0v) is 21.7. The van der Waals surface area contributed by atoms with E-state index < -0.39 is 0 Å². The molecule has 0 saturated carbocycles. The minimum absolute atomic E-state index is 0.346. The van der Waals surface area contributed by atoms with Gasteiger partial charge < -0.3 is 0 Å². The molecule has 0 unspecified atom stereocenters. The number of para-hydroxylation sites is 4. The molecule has 0 N–H and O–H groups in total. The predicted molar refractivity (Wildman–Crippen MR) is 143 cm³/mol. The molecule has 7 heteroatoms. The van der Waals surface area contributed by atoms with Gasteiger partial charge in [0.15, 0.2) is 22.7 Å². The van der Waals surface area contributed by atoms with Crippen molar-refractivity contribution in [3.05, 3.63) is 167 Å². The topological polar surface area (TPSA) is 17.4 Å². The van der Waals surface area contributed by atoms with Crippen LogP contribution in [0.15, 0.2) is 121 Å². The van der Waals surface area contributed by atoms with E-state index in [4.69, 9.17) is 45.7 Å². The van der Waals surface area contributed by atoms with Gasteiger partial charge in [-0.15, -0.1) is 0 Å². The fraction of sp³-hybridized carbons (Fsp3) is 0. The second kappa shape index (κ2) is 23.2. The number of hydrogen-bond donors (Lipinski definition) is 0. The number of nitrogens with zero attached hydrogens (tertiary/aromatic N) is 4. The molecule has 0 bridgehead atoms. The van der Waals surface area contributed by atoms with E-state index in [1.165, 1.54) is 0 Å². The molecule has 4 aromatic carbocycles. The monoisotopic (exact) mass is 584 g/mol. The molecule has 4 rings (SSSR count). The first kappa shape index (κ1) is 31.0. The van der Waals surface area contributed by atoms with E-state index in [-0.39, 0.29) is 15.1 Å². The second-order valence-corrected chi connectivity index (χ2v) is 8.48. The number of rotatable bonds is 0. The molecule has 4 aromatic rings. The van der Waals surface area contributed by atoms with E-state index in [9.17, 15) is 0 Å². The minimum atomic E-state index is -0.346. The van der Waals surface area contributed by atoms with Gasteiger partial charge in [-0.1, -0.05) is 121 Å². The van der Waals surface area contributed by atoms with Crippen molar-refractivity contribution in [1.29, 1.82) is 0 Å². The van der Waals surface area contributed by atoms with Crippen molar-refractivity contribution in [2.75, 3.05) is 0 Å². The first-order valence-electron chi connectivity index (χ1n) is 9.70. The Morgan fingerprint density at radius 2 is 0.514 bits per heavy atom. The molecule has 174 valence electrons. The van der Waals surface area contributed by atoms with Crippen molar-refractivity contribution in [2.45, 2.75) is 0 Å². The Hall–Kier alpha value is -3.96. The summed E-state index contributed by atoms with van der Waals surface area (Å²) in [5.41, 5.74) is 2.81. The van der Waals surface area contributed by atoms with Gasteiger partial charge in [-0.2, -0.15) is 0 Å². The van der Waals surface area contributed by atoms with Gasteiger partial charge in [0.05, 0.1) is 26.3 Å². The Morgan fingerprint density at radius 3 is 0.600 bits per heavy atom. The molecule has 0 aliphatic heterocycles. The van der Waals surface area contributed by atoms with Crippen LogP contribution in [0.3, 0.4) is 0 Å². The molecule has 0 aliphatic rings. The van der Waals surface area contributed by atoms with Crippen LogP contribution in [0.1, 0.15) is 0 Å². The van der Waals surface area contributed by atoms with E-state index >= 15 is 0 Å². The van der Waals surface area contributed by atoms with E-state index in [0.717, 1.165) is 0 Å². The van der Waals surface area contributed by atoms with Crippen molar-refractivity contribution in [1.82, 2.24) is 0 Å². The van der Waals surface area contributed by atoms with Crippen LogP contribution >= 0.6 is 19.4 Å². The molecule has 0 saturated heterocycles. The van der Waals surface area contributed by atoms with E-state index in [1.54, 1.807) is 48.5 Å². The molecule has 4 nitrogen and oxygen atoms in total. The molecule has 0 heterocycles. The van der Waals surface area contributed by atoms with Gasteiger partial charge in [-0.25, -0.2) is 19.4 Å². The quantitative estimate of drug-likeness (QED) is 0.145. The van der Waals surface area contributed by atoms with Gasteiger partial charge in [0.25, 0.3) is 0 Å². The maximum absolute atomic E-state index is 6.57. The third-order valence-electron chi connectivity index (χ3n) is 3.54. The normalized spacial score (nSPS) is 7.83. The fourth-order valence-electron chi connectivity index (χ4n) is 2.01. The van der Waals surface area contributed by atoms with Crippen LogP contribution in [0.25, 0.3) is 19.4 Å². The summed E-state index contributed by atoms with van der Waals surface area (Å²) in [6, 6.07) is 36.7. The summed E-state index contributed by atoms with van der Waals surface area (Å²) in [4.78, 5) is 12.9. The van der Waals surface area contributed by atoms with E-state index in [0.29, 0.717) is 22.7 Å². The van der Waals surface area contributed by atoms with Gasteiger partial charge in [-0.05, 0) is 0 Å². The summed E-state index contributed by atoms with van der Waals surface area (Å²) in [5, 5.41) is 0. The van der Waals surface area contributed by atoms with Crippen molar-refractivity contribution in [3.8, 4) is 0 Å². The summed E-state index contributed by atoms with van der Waals surface area (Å²) in [7, 11) is 9.71. The van der Waals surface area contributed by atoms with Crippen molar-refractivity contribution >= 4 is 42.1 Å². The number of benzene rings is 4.